The molecule has 7 heteroatoms. The van der Waals surface area contributed by atoms with Crippen LogP contribution in [0.1, 0.15) is 31.2 Å². The van der Waals surface area contributed by atoms with Gasteiger partial charge in [-0.15, -0.1) is 0 Å². The van der Waals surface area contributed by atoms with Crippen LogP contribution in [0.3, 0.4) is 0 Å². The van der Waals surface area contributed by atoms with Gasteiger partial charge in [-0.2, -0.15) is 0 Å². The van der Waals surface area contributed by atoms with Gasteiger partial charge in [0.1, 0.15) is 11.2 Å². The normalized spacial score (nSPS) is 27.3. The lowest BCUT2D eigenvalue weighted by molar-refractivity contribution is -0.131. The number of carbonyl (C=O) groups excluding carboxylic acids is 1. The maximum Gasteiger partial charge on any atom is 0.240 e. The molecule has 1 spiro atoms. The molecule has 3 heterocycles. The van der Waals surface area contributed by atoms with Crippen molar-refractivity contribution in [2.24, 2.45) is 0 Å². The average Bonchev–Trinajstić information content (AvgIpc) is 2.84. The second kappa shape index (κ2) is 5.96. The van der Waals surface area contributed by atoms with E-state index in [0.717, 1.165) is 42.3 Å². The first-order chi connectivity index (χ1) is 12.9. The lowest BCUT2D eigenvalue weighted by Gasteiger charge is -2.51. The first kappa shape index (κ1) is 17.5. The molecule has 0 unspecified atom stereocenters. The SMILES string of the molecule is CN1C(=O)C2(CN([C@H]3CC[C@@H](O)CC3)C2)c2c1cnc1cc(F)c(Br)cc21. The molecule has 1 aromatic heterocycles. The summed E-state index contributed by atoms with van der Waals surface area (Å²) in [5.41, 5.74) is 1.81. The summed E-state index contributed by atoms with van der Waals surface area (Å²) >= 11 is 3.28. The molecule has 1 saturated carbocycles. The highest BCUT2D eigenvalue weighted by molar-refractivity contribution is 9.10. The van der Waals surface area contributed by atoms with Crippen LogP contribution in [0, 0.1) is 5.82 Å². The number of pyridine rings is 1. The molecule has 0 bridgehead atoms. The monoisotopic (exact) mass is 433 g/mol. The van der Waals surface area contributed by atoms with Gasteiger partial charge < -0.3 is 10.0 Å². The quantitative estimate of drug-likeness (QED) is 0.750. The Morgan fingerprint density at radius 2 is 1.96 bits per heavy atom. The third-order valence-electron chi connectivity index (χ3n) is 6.57. The second-order valence-electron chi connectivity index (χ2n) is 8.12. The predicted octanol–water partition coefficient (Wildman–Crippen LogP) is 2.97. The number of likely N-dealkylation sites (tertiary alicyclic amines) is 1. The highest BCUT2D eigenvalue weighted by Crippen LogP contribution is 2.51. The van der Waals surface area contributed by atoms with Crippen LogP contribution >= 0.6 is 15.9 Å². The Balaban J connectivity index is 1.55. The minimum absolute atomic E-state index is 0.0966. The number of fused-ring (bicyclic) bond motifs is 4. The van der Waals surface area contributed by atoms with Gasteiger partial charge in [0.2, 0.25) is 5.91 Å². The molecule has 1 saturated heterocycles. The fourth-order valence-electron chi connectivity index (χ4n) is 5.09. The van der Waals surface area contributed by atoms with Crippen LogP contribution < -0.4 is 4.90 Å². The molecule has 1 amide bonds. The van der Waals surface area contributed by atoms with Crippen molar-refractivity contribution in [1.82, 2.24) is 9.88 Å². The Morgan fingerprint density at radius 1 is 1.26 bits per heavy atom. The summed E-state index contributed by atoms with van der Waals surface area (Å²) in [4.78, 5) is 21.6. The van der Waals surface area contributed by atoms with Gasteiger partial charge >= 0.3 is 0 Å². The van der Waals surface area contributed by atoms with Crippen LogP contribution in [0.15, 0.2) is 22.8 Å². The summed E-state index contributed by atoms with van der Waals surface area (Å²) in [6, 6.07) is 3.61. The maximum absolute atomic E-state index is 14.0. The molecule has 2 fully saturated rings. The number of aromatic nitrogens is 1. The van der Waals surface area contributed by atoms with Gasteiger partial charge in [-0.05, 0) is 47.7 Å². The molecule has 1 aromatic carbocycles. The number of hydrogen-bond donors (Lipinski definition) is 1. The van der Waals surface area contributed by atoms with Gasteiger partial charge in [0, 0.05) is 43.2 Å². The molecule has 5 rings (SSSR count). The molecule has 2 aromatic rings. The Kier molecular flexibility index (Phi) is 3.87. The number of likely N-dealkylation sites (N-methyl/N-ethyl adjacent to an activating group) is 1. The lowest BCUT2D eigenvalue weighted by Crippen LogP contribution is -2.66. The second-order valence-corrected chi connectivity index (χ2v) is 8.97. The van der Waals surface area contributed by atoms with E-state index in [4.69, 9.17) is 0 Å². The molecule has 5 nitrogen and oxygen atoms in total. The summed E-state index contributed by atoms with van der Waals surface area (Å²) in [7, 11) is 1.79. The van der Waals surface area contributed by atoms with Crippen molar-refractivity contribution in [2.45, 2.75) is 43.2 Å². The van der Waals surface area contributed by atoms with Crippen molar-refractivity contribution in [3.8, 4) is 0 Å². The first-order valence-electron chi connectivity index (χ1n) is 9.39. The Labute approximate surface area is 165 Å². The molecule has 3 aliphatic rings. The predicted molar refractivity (Wildman–Crippen MR) is 104 cm³/mol. The van der Waals surface area contributed by atoms with Crippen molar-refractivity contribution in [1.29, 1.82) is 0 Å². The van der Waals surface area contributed by atoms with Crippen molar-refractivity contribution >= 4 is 38.4 Å². The minimum atomic E-state index is -0.571. The molecule has 1 aliphatic carbocycles. The van der Waals surface area contributed by atoms with Crippen LogP contribution in [0.25, 0.3) is 10.9 Å². The van der Waals surface area contributed by atoms with E-state index in [-0.39, 0.29) is 17.8 Å². The lowest BCUT2D eigenvalue weighted by atomic mass is 9.71. The van der Waals surface area contributed by atoms with Crippen molar-refractivity contribution in [2.75, 3.05) is 25.0 Å². The third kappa shape index (κ3) is 2.41. The first-order valence-corrected chi connectivity index (χ1v) is 10.2. The Hall–Kier alpha value is -1.57. The summed E-state index contributed by atoms with van der Waals surface area (Å²) in [5, 5.41) is 10.6. The van der Waals surface area contributed by atoms with E-state index in [1.807, 2.05) is 0 Å². The van der Waals surface area contributed by atoms with Crippen molar-refractivity contribution < 1.29 is 14.3 Å². The van der Waals surface area contributed by atoms with Gasteiger partial charge in [0.25, 0.3) is 0 Å². The highest BCUT2D eigenvalue weighted by atomic mass is 79.9. The molecule has 1 N–H and O–H groups in total. The number of rotatable bonds is 1. The smallest absolute Gasteiger partial charge is 0.240 e. The van der Waals surface area contributed by atoms with Crippen LogP contribution in [0.2, 0.25) is 0 Å². The minimum Gasteiger partial charge on any atom is -0.393 e. The van der Waals surface area contributed by atoms with E-state index in [2.05, 4.69) is 25.8 Å². The fraction of sp³-hybridized carbons (Fsp3) is 0.500. The number of benzene rings is 1. The number of carbonyl (C=O) groups is 1. The molecule has 0 atom stereocenters. The zero-order chi connectivity index (χ0) is 18.9. The summed E-state index contributed by atoms with van der Waals surface area (Å²) in [6.45, 7) is 1.36. The van der Waals surface area contributed by atoms with Gasteiger partial charge in [-0.1, -0.05) is 0 Å². The van der Waals surface area contributed by atoms with E-state index in [1.54, 1.807) is 24.2 Å². The zero-order valence-electron chi connectivity index (χ0n) is 15.1. The Morgan fingerprint density at radius 3 is 2.67 bits per heavy atom. The molecular weight excluding hydrogens is 413 g/mol. The molecule has 142 valence electrons. The van der Waals surface area contributed by atoms with Gasteiger partial charge in [0.05, 0.1) is 28.0 Å². The number of nitrogens with zero attached hydrogens (tertiary/aromatic N) is 3. The van der Waals surface area contributed by atoms with E-state index >= 15 is 0 Å². The van der Waals surface area contributed by atoms with Crippen LogP contribution in [-0.2, 0) is 10.2 Å². The van der Waals surface area contributed by atoms with E-state index < -0.39 is 5.41 Å². The average molecular weight is 434 g/mol. The molecular formula is C20H21BrFN3O2. The third-order valence-corrected chi connectivity index (χ3v) is 7.18. The van der Waals surface area contributed by atoms with Crippen molar-refractivity contribution in [3.63, 3.8) is 0 Å². The van der Waals surface area contributed by atoms with Crippen LogP contribution in [-0.4, -0.2) is 53.2 Å². The Bertz CT molecular complexity index is 952. The van der Waals surface area contributed by atoms with Gasteiger partial charge in [-0.25, -0.2) is 4.39 Å². The van der Waals surface area contributed by atoms with Crippen molar-refractivity contribution in [3.05, 3.63) is 34.2 Å². The molecule has 2 aliphatic heterocycles. The summed E-state index contributed by atoms with van der Waals surface area (Å²) in [5.74, 6) is -0.253. The fourth-order valence-corrected chi connectivity index (χ4v) is 5.44. The van der Waals surface area contributed by atoms with Crippen LogP contribution in [0.4, 0.5) is 10.1 Å². The van der Waals surface area contributed by atoms with Gasteiger partial charge in [0.15, 0.2) is 0 Å². The zero-order valence-corrected chi connectivity index (χ0v) is 16.7. The van der Waals surface area contributed by atoms with E-state index in [1.165, 1.54) is 6.07 Å². The van der Waals surface area contributed by atoms with Gasteiger partial charge in [-0.3, -0.25) is 14.7 Å². The van der Waals surface area contributed by atoms with E-state index in [0.29, 0.717) is 29.1 Å². The van der Waals surface area contributed by atoms with Crippen LogP contribution in [0.5, 0.6) is 0 Å². The number of halogens is 2. The maximum atomic E-state index is 14.0. The number of anilines is 1. The number of aliphatic hydroxyl groups is 1. The summed E-state index contributed by atoms with van der Waals surface area (Å²) in [6.07, 6.45) is 5.12. The topological polar surface area (TPSA) is 56.7 Å². The number of aliphatic hydroxyl groups excluding tert-OH is 1. The van der Waals surface area contributed by atoms with E-state index in [9.17, 15) is 14.3 Å². The molecule has 0 radical (unpaired) electrons. The summed E-state index contributed by atoms with van der Waals surface area (Å²) < 4.78 is 14.4. The number of amides is 1. The number of hydrogen-bond acceptors (Lipinski definition) is 4. The largest absolute Gasteiger partial charge is 0.393 e. The molecule has 27 heavy (non-hydrogen) atoms. The highest BCUT2D eigenvalue weighted by Gasteiger charge is 2.59. The standard InChI is InChI=1S/C20H21BrFN3O2/c1-24-17-8-23-16-7-15(22)14(21)6-13(16)18(17)20(19(24)27)9-25(10-20)11-2-4-12(26)5-3-11/h6-8,11-12,26H,2-5,9-10H2,1H3/t11-,12+.